The summed E-state index contributed by atoms with van der Waals surface area (Å²) in [6.07, 6.45) is -0.418. The van der Waals surface area contributed by atoms with Crippen LogP contribution in [0.4, 0.5) is 10.5 Å². The molecule has 1 rings (SSSR count). The zero-order chi connectivity index (χ0) is 11.4. The number of anilines is 1. The molecule has 0 aliphatic rings. The Hall–Kier alpha value is -1.62. The fourth-order valence-corrected chi connectivity index (χ4v) is 1.23. The molecule has 0 saturated heterocycles. The van der Waals surface area contributed by atoms with E-state index in [0.717, 1.165) is 11.3 Å². The van der Waals surface area contributed by atoms with Gasteiger partial charge in [0.1, 0.15) is 4.99 Å². The largest absolute Gasteiger partial charge is 0.452 e. The first kappa shape index (κ1) is 11.5. The molecule has 0 fully saturated rings. The Balaban J connectivity index is 2.89. The maximum atomic E-state index is 11.2. The molecule has 80 valence electrons. The Kier molecular flexibility index (Phi) is 3.62. The molecule has 4 nitrogen and oxygen atoms in total. The lowest BCUT2D eigenvalue weighted by Crippen LogP contribution is -2.25. The summed E-state index contributed by atoms with van der Waals surface area (Å²) in [6.45, 7) is 0. The minimum absolute atomic E-state index is 0.335. The van der Waals surface area contributed by atoms with Crippen molar-refractivity contribution in [3.63, 3.8) is 0 Å². The predicted molar refractivity (Wildman–Crippen MR) is 63.1 cm³/mol. The fraction of sp³-hybridized carbons (Fsp3) is 0.200. The number of hydrogen-bond donors (Lipinski definition) is 1. The van der Waals surface area contributed by atoms with Gasteiger partial charge in [0, 0.05) is 18.3 Å². The second-order valence-corrected chi connectivity index (χ2v) is 3.38. The number of ether oxygens (including phenoxy) is 1. The highest BCUT2D eigenvalue weighted by Crippen LogP contribution is 2.14. The summed E-state index contributed by atoms with van der Waals surface area (Å²) in [5.41, 5.74) is 6.95. The fourth-order valence-electron chi connectivity index (χ4n) is 1.09. The van der Waals surface area contributed by atoms with Crippen molar-refractivity contribution in [3.8, 4) is 0 Å². The van der Waals surface area contributed by atoms with E-state index in [1.165, 1.54) is 12.0 Å². The molecule has 1 aromatic carbocycles. The minimum Gasteiger partial charge on any atom is -0.452 e. The van der Waals surface area contributed by atoms with Gasteiger partial charge in [-0.2, -0.15) is 0 Å². The van der Waals surface area contributed by atoms with Crippen LogP contribution in [-0.2, 0) is 4.74 Å². The van der Waals surface area contributed by atoms with Crippen LogP contribution < -0.4 is 10.6 Å². The predicted octanol–water partition coefficient (Wildman–Crippen LogP) is 1.52. The second kappa shape index (κ2) is 4.75. The summed E-state index contributed by atoms with van der Waals surface area (Å²) in [7, 11) is 2.96. The molecule has 0 unspecified atom stereocenters. The molecule has 0 aromatic heterocycles. The Bertz CT molecular complexity index is 376. The van der Waals surface area contributed by atoms with E-state index in [0.29, 0.717) is 4.99 Å². The topological polar surface area (TPSA) is 55.6 Å². The zero-order valence-electron chi connectivity index (χ0n) is 8.56. The van der Waals surface area contributed by atoms with Crippen LogP contribution in [0.1, 0.15) is 5.56 Å². The van der Waals surface area contributed by atoms with Crippen molar-refractivity contribution in [1.82, 2.24) is 0 Å². The van der Waals surface area contributed by atoms with Gasteiger partial charge in [-0.05, 0) is 24.3 Å². The van der Waals surface area contributed by atoms with Crippen LogP contribution in [0.15, 0.2) is 24.3 Å². The van der Waals surface area contributed by atoms with Crippen molar-refractivity contribution >= 4 is 29.0 Å². The Labute approximate surface area is 93.6 Å². The van der Waals surface area contributed by atoms with Crippen LogP contribution in [0.2, 0.25) is 0 Å². The van der Waals surface area contributed by atoms with Gasteiger partial charge in [0.25, 0.3) is 0 Å². The summed E-state index contributed by atoms with van der Waals surface area (Å²) in [5.74, 6) is 0. The number of carbonyl (C=O) groups excluding carboxylic acids is 1. The third kappa shape index (κ3) is 2.66. The third-order valence-electron chi connectivity index (χ3n) is 1.99. The maximum absolute atomic E-state index is 11.2. The molecule has 0 aliphatic carbocycles. The molecule has 0 aliphatic heterocycles. The normalized spacial score (nSPS) is 9.47. The smallest absolute Gasteiger partial charge is 0.413 e. The first-order valence-corrected chi connectivity index (χ1v) is 4.68. The van der Waals surface area contributed by atoms with Crippen molar-refractivity contribution in [2.75, 3.05) is 19.1 Å². The van der Waals surface area contributed by atoms with Gasteiger partial charge in [0.05, 0.1) is 7.11 Å². The quantitative estimate of drug-likeness (QED) is 0.774. The van der Waals surface area contributed by atoms with E-state index in [1.807, 2.05) is 0 Å². The molecule has 1 amide bonds. The SMILES string of the molecule is COC(=O)N(C)c1ccc(C(N)=S)cc1. The molecule has 0 radical (unpaired) electrons. The van der Waals surface area contributed by atoms with Crippen LogP contribution in [-0.4, -0.2) is 25.2 Å². The molecule has 15 heavy (non-hydrogen) atoms. The van der Waals surface area contributed by atoms with E-state index < -0.39 is 6.09 Å². The van der Waals surface area contributed by atoms with Gasteiger partial charge in [0.2, 0.25) is 0 Å². The van der Waals surface area contributed by atoms with Crippen LogP contribution in [0.5, 0.6) is 0 Å². The van der Waals surface area contributed by atoms with Crippen molar-refractivity contribution < 1.29 is 9.53 Å². The van der Waals surface area contributed by atoms with E-state index in [2.05, 4.69) is 4.74 Å². The minimum atomic E-state index is -0.418. The van der Waals surface area contributed by atoms with Crippen molar-refractivity contribution in [2.45, 2.75) is 0 Å². The molecule has 0 saturated carbocycles. The highest BCUT2D eigenvalue weighted by Gasteiger charge is 2.10. The van der Waals surface area contributed by atoms with E-state index in [4.69, 9.17) is 18.0 Å². The van der Waals surface area contributed by atoms with E-state index in [9.17, 15) is 4.79 Å². The summed E-state index contributed by atoms with van der Waals surface area (Å²) >= 11 is 4.82. The summed E-state index contributed by atoms with van der Waals surface area (Å²) < 4.78 is 4.58. The zero-order valence-corrected chi connectivity index (χ0v) is 9.38. The van der Waals surface area contributed by atoms with Gasteiger partial charge in [-0.1, -0.05) is 12.2 Å². The van der Waals surface area contributed by atoms with Gasteiger partial charge >= 0.3 is 6.09 Å². The Morgan fingerprint density at radius 2 is 1.93 bits per heavy atom. The van der Waals surface area contributed by atoms with Gasteiger partial charge in [-0.3, -0.25) is 4.90 Å². The second-order valence-electron chi connectivity index (χ2n) is 2.94. The number of benzene rings is 1. The third-order valence-corrected chi connectivity index (χ3v) is 2.22. The highest BCUT2D eigenvalue weighted by atomic mass is 32.1. The van der Waals surface area contributed by atoms with E-state index in [-0.39, 0.29) is 0 Å². The van der Waals surface area contributed by atoms with Crippen LogP contribution in [0.25, 0.3) is 0 Å². The Morgan fingerprint density at radius 3 is 2.33 bits per heavy atom. The molecule has 0 spiro atoms. The molecule has 0 bridgehead atoms. The first-order valence-electron chi connectivity index (χ1n) is 4.28. The van der Waals surface area contributed by atoms with E-state index in [1.54, 1.807) is 31.3 Å². The van der Waals surface area contributed by atoms with E-state index >= 15 is 0 Å². The Morgan fingerprint density at radius 1 is 1.40 bits per heavy atom. The van der Waals surface area contributed by atoms with Crippen LogP contribution in [0.3, 0.4) is 0 Å². The summed E-state index contributed by atoms with van der Waals surface area (Å²) in [6, 6.07) is 7.03. The summed E-state index contributed by atoms with van der Waals surface area (Å²) in [4.78, 5) is 12.9. The number of hydrogen-bond acceptors (Lipinski definition) is 3. The maximum Gasteiger partial charge on any atom is 0.413 e. The number of carbonyl (C=O) groups is 1. The highest BCUT2D eigenvalue weighted by molar-refractivity contribution is 7.80. The number of thiocarbonyl (C=S) groups is 1. The van der Waals surface area contributed by atoms with Crippen LogP contribution >= 0.6 is 12.2 Å². The lowest BCUT2D eigenvalue weighted by atomic mass is 10.2. The lowest BCUT2D eigenvalue weighted by Gasteiger charge is -2.15. The van der Waals surface area contributed by atoms with Crippen molar-refractivity contribution in [3.05, 3.63) is 29.8 Å². The van der Waals surface area contributed by atoms with Crippen molar-refractivity contribution in [2.24, 2.45) is 5.73 Å². The number of methoxy groups -OCH3 is 1. The molecular weight excluding hydrogens is 212 g/mol. The molecule has 5 heteroatoms. The molecule has 1 aromatic rings. The number of nitrogens with two attached hydrogens (primary N) is 1. The summed E-state index contributed by atoms with van der Waals surface area (Å²) in [5, 5.41) is 0. The van der Waals surface area contributed by atoms with Gasteiger partial charge < -0.3 is 10.5 Å². The average molecular weight is 224 g/mol. The number of amides is 1. The van der Waals surface area contributed by atoms with Gasteiger partial charge in [-0.25, -0.2) is 4.79 Å². The van der Waals surface area contributed by atoms with Crippen LogP contribution in [0, 0.1) is 0 Å². The molecule has 2 N–H and O–H groups in total. The average Bonchev–Trinajstić information content (AvgIpc) is 2.27. The first-order chi connectivity index (χ1) is 7.06. The molecule has 0 atom stereocenters. The molecule has 0 heterocycles. The van der Waals surface area contributed by atoms with Gasteiger partial charge in [0.15, 0.2) is 0 Å². The lowest BCUT2D eigenvalue weighted by molar-refractivity contribution is 0.180. The van der Waals surface area contributed by atoms with Gasteiger partial charge in [-0.15, -0.1) is 0 Å². The van der Waals surface area contributed by atoms with Crippen molar-refractivity contribution in [1.29, 1.82) is 0 Å². The standard InChI is InChI=1S/C10H12N2O2S/c1-12(10(13)14-2)8-5-3-7(4-6-8)9(11)15/h3-6H,1-2H3,(H2,11,15). The number of rotatable bonds is 2. The molecular formula is C10H12N2O2S. The monoisotopic (exact) mass is 224 g/mol. The number of nitrogens with zero attached hydrogens (tertiary/aromatic N) is 1.